The van der Waals surface area contributed by atoms with E-state index in [0.717, 1.165) is 51.1 Å². The number of aromatic nitrogens is 3. The number of H-pyrrole nitrogens is 1. The number of hydrogen-bond acceptors (Lipinski definition) is 6. The molecule has 5 rings (SSSR count). The first-order chi connectivity index (χ1) is 15.6. The van der Waals surface area contributed by atoms with E-state index in [9.17, 15) is 0 Å². The summed E-state index contributed by atoms with van der Waals surface area (Å²) in [5.41, 5.74) is 14.9. The van der Waals surface area contributed by atoms with Crippen LogP contribution in [0.4, 0.5) is 5.69 Å². The molecule has 7 heteroatoms. The van der Waals surface area contributed by atoms with Gasteiger partial charge in [0.1, 0.15) is 5.69 Å². The van der Waals surface area contributed by atoms with Crippen molar-refractivity contribution in [3.05, 3.63) is 71.9 Å². The molecule has 1 aliphatic heterocycles. The van der Waals surface area contributed by atoms with Crippen LogP contribution in [0, 0.1) is 11.3 Å². The topological polar surface area (TPSA) is 104 Å². The third-order valence-corrected chi connectivity index (χ3v) is 5.89. The number of methoxy groups -OCH3 is 1. The summed E-state index contributed by atoms with van der Waals surface area (Å²) >= 11 is 0. The van der Waals surface area contributed by atoms with Crippen molar-refractivity contribution in [2.75, 3.05) is 19.4 Å². The molecule has 158 valence electrons. The Bertz CT molecular complexity index is 1400. The molecule has 0 amide bonds. The van der Waals surface area contributed by atoms with E-state index in [2.05, 4.69) is 50.9 Å². The molecule has 0 saturated heterocycles. The molecule has 0 aliphatic carbocycles. The van der Waals surface area contributed by atoms with Crippen LogP contribution in [0.5, 0.6) is 5.88 Å². The van der Waals surface area contributed by atoms with Crippen molar-refractivity contribution in [2.24, 2.45) is 0 Å². The van der Waals surface area contributed by atoms with Crippen molar-refractivity contribution in [3.63, 3.8) is 0 Å². The van der Waals surface area contributed by atoms with E-state index in [0.29, 0.717) is 24.5 Å². The number of hydrogen-bond donors (Lipinski definition) is 2. The van der Waals surface area contributed by atoms with Crippen LogP contribution in [0.1, 0.15) is 11.1 Å². The van der Waals surface area contributed by atoms with Gasteiger partial charge in [-0.05, 0) is 46.5 Å². The number of nitrogens with zero attached hydrogens (tertiary/aromatic N) is 4. The lowest BCUT2D eigenvalue weighted by Crippen LogP contribution is -2.18. The van der Waals surface area contributed by atoms with Gasteiger partial charge in [-0.1, -0.05) is 18.7 Å². The average molecular weight is 422 g/mol. The number of ether oxygens (including phenoxy) is 1. The van der Waals surface area contributed by atoms with Crippen molar-refractivity contribution in [3.8, 4) is 34.3 Å². The number of anilines is 1. The second kappa shape index (κ2) is 7.84. The Kier molecular flexibility index (Phi) is 4.85. The van der Waals surface area contributed by atoms with Crippen LogP contribution in [0.15, 0.2) is 60.8 Å². The maximum Gasteiger partial charge on any atom is 0.213 e. The normalized spacial score (nSPS) is 13.1. The van der Waals surface area contributed by atoms with E-state index in [1.165, 1.54) is 5.56 Å². The Hall–Kier alpha value is -4.15. The van der Waals surface area contributed by atoms with E-state index in [1.54, 1.807) is 13.3 Å². The van der Waals surface area contributed by atoms with Gasteiger partial charge < -0.3 is 10.5 Å². The van der Waals surface area contributed by atoms with Gasteiger partial charge in [0.2, 0.25) is 5.88 Å². The molecule has 0 radical (unpaired) electrons. The zero-order valence-corrected chi connectivity index (χ0v) is 17.7. The van der Waals surface area contributed by atoms with Crippen molar-refractivity contribution < 1.29 is 4.74 Å². The van der Waals surface area contributed by atoms with Gasteiger partial charge in [-0.15, -0.1) is 0 Å². The summed E-state index contributed by atoms with van der Waals surface area (Å²) in [4.78, 5) is 6.39. The minimum Gasteiger partial charge on any atom is -0.481 e. The lowest BCUT2D eigenvalue weighted by Gasteiger charge is -2.13. The number of pyridine rings is 1. The predicted octanol–water partition coefficient (Wildman–Crippen LogP) is 4.28. The SMILES string of the molecule is C=C(C#N)CN1Cc2c(N)ccc(-c3ccc4[nH]nc(-c5ccnc(OC)c5)c4c3)c2C1. The van der Waals surface area contributed by atoms with Gasteiger partial charge in [0.15, 0.2) is 0 Å². The van der Waals surface area contributed by atoms with Gasteiger partial charge in [0, 0.05) is 54.1 Å². The van der Waals surface area contributed by atoms with Crippen LogP contribution in [0.2, 0.25) is 0 Å². The fourth-order valence-electron chi connectivity index (χ4n) is 4.34. The van der Waals surface area contributed by atoms with Gasteiger partial charge >= 0.3 is 0 Å². The molecule has 0 fully saturated rings. The number of benzene rings is 2. The molecule has 0 atom stereocenters. The fourth-order valence-corrected chi connectivity index (χ4v) is 4.34. The van der Waals surface area contributed by atoms with Gasteiger partial charge in [-0.3, -0.25) is 10.00 Å². The molecule has 2 aromatic carbocycles. The predicted molar refractivity (Wildman–Crippen MR) is 125 cm³/mol. The molecular weight excluding hydrogens is 400 g/mol. The summed E-state index contributed by atoms with van der Waals surface area (Å²) in [5.74, 6) is 0.546. The monoisotopic (exact) mass is 422 g/mol. The Labute approximate surface area is 185 Å². The Balaban J connectivity index is 1.58. The number of nitrogens with two attached hydrogens (primary N) is 1. The van der Waals surface area contributed by atoms with Gasteiger partial charge in [-0.25, -0.2) is 4.98 Å². The number of aromatic amines is 1. The number of rotatable bonds is 5. The molecule has 1 aliphatic rings. The van der Waals surface area contributed by atoms with Crippen LogP contribution in [-0.2, 0) is 13.1 Å². The number of nitrogens with one attached hydrogen (secondary N) is 1. The van der Waals surface area contributed by atoms with Crippen molar-refractivity contribution in [1.29, 1.82) is 5.26 Å². The van der Waals surface area contributed by atoms with Crippen LogP contribution in [0.25, 0.3) is 33.3 Å². The molecule has 3 heterocycles. The molecule has 2 aromatic heterocycles. The third-order valence-electron chi connectivity index (χ3n) is 5.89. The smallest absolute Gasteiger partial charge is 0.213 e. The van der Waals surface area contributed by atoms with Crippen molar-refractivity contribution in [2.45, 2.75) is 13.1 Å². The lowest BCUT2D eigenvalue weighted by molar-refractivity contribution is 0.313. The largest absolute Gasteiger partial charge is 0.481 e. The van der Waals surface area contributed by atoms with Crippen LogP contribution in [-0.4, -0.2) is 33.7 Å². The van der Waals surface area contributed by atoms with E-state index in [1.807, 2.05) is 24.3 Å². The molecule has 7 nitrogen and oxygen atoms in total. The average Bonchev–Trinajstić information content (AvgIpc) is 3.43. The van der Waals surface area contributed by atoms with E-state index in [4.69, 9.17) is 15.7 Å². The number of nitrogen functional groups attached to an aromatic ring is 1. The highest BCUT2D eigenvalue weighted by molar-refractivity contribution is 5.96. The minimum absolute atomic E-state index is 0.541. The Morgan fingerprint density at radius 3 is 2.84 bits per heavy atom. The summed E-state index contributed by atoms with van der Waals surface area (Å²) < 4.78 is 5.27. The second-order valence-corrected chi connectivity index (χ2v) is 7.94. The molecule has 4 aromatic rings. The molecular formula is C25H22N6O. The first-order valence-electron chi connectivity index (χ1n) is 10.3. The van der Waals surface area contributed by atoms with E-state index in [-0.39, 0.29) is 0 Å². The van der Waals surface area contributed by atoms with Crippen LogP contribution < -0.4 is 10.5 Å². The van der Waals surface area contributed by atoms with Crippen LogP contribution >= 0.6 is 0 Å². The Morgan fingerprint density at radius 2 is 2.03 bits per heavy atom. The highest BCUT2D eigenvalue weighted by atomic mass is 16.5. The molecule has 0 bridgehead atoms. The van der Waals surface area contributed by atoms with Gasteiger partial charge in [0.25, 0.3) is 0 Å². The highest BCUT2D eigenvalue weighted by Crippen LogP contribution is 2.38. The summed E-state index contributed by atoms with van der Waals surface area (Å²) in [6, 6.07) is 16.3. The zero-order chi connectivity index (χ0) is 22.2. The summed E-state index contributed by atoms with van der Waals surface area (Å²) in [5, 5.41) is 17.8. The maximum absolute atomic E-state index is 9.11. The molecule has 0 saturated carbocycles. The third kappa shape index (κ3) is 3.37. The summed E-state index contributed by atoms with van der Waals surface area (Å²) in [6.07, 6.45) is 1.72. The second-order valence-electron chi connectivity index (χ2n) is 7.94. The minimum atomic E-state index is 0.541. The Morgan fingerprint density at radius 1 is 1.19 bits per heavy atom. The first kappa shape index (κ1) is 19.8. The number of nitriles is 1. The van der Waals surface area contributed by atoms with Gasteiger partial charge in [-0.2, -0.15) is 10.4 Å². The van der Waals surface area contributed by atoms with Gasteiger partial charge in [0.05, 0.1) is 18.7 Å². The quantitative estimate of drug-likeness (QED) is 0.368. The zero-order valence-electron chi connectivity index (χ0n) is 17.7. The fraction of sp³-hybridized carbons (Fsp3) is 0.160. The molecule has 0 spiro atoms. The van der Waals surface area contributed by atoms with Crippen molar-refractivity contribution >= 4 is 16.6 Å². The molecule has 32 heavy (non-hydrogen) atoms. The summed E-state index contributed by atoms with van der Waals surface area (Å²) in [6.45, 7) is 5.81. The standard InChI is InChI=1S/C25H22N6O/c1-15(11-26)12-31-13-20-18(4-5-22(27)21(20)14-31)16-3-6-23-19(9-16)25(30-29-23)17-7-8-28-24(10-17)32-2/h3-10H,1,12-14,27H2,2H3,(H,29,30). The summed E-state index contributed by atoms with van der Waals surface area (Å²) in [7, 11) is 1.60. The lowest BCUT2D eigenvalue weighted by atomic mass is 9.94. The van der Waals surface area contributed by atoms with E-state index >= 15 is 0 Å². The van der Waals surface area contributed by atoms with Crippen molar-refractivity contribution in [1.82, 2.24) is 20.1 Å². The first-order valence-corrected chi connectivity index (χ1v) is 10.3. The molecule has 3 N–H and O–H groups in total. The maximum atomic E-state index is 9.11. The van der Waals surface area contributed by atoms with Crippen LogP contribution in [0.3, 0.4) is 0 Å². The molecule has 0 unspecified atom stereocenters. The van der Waals surface area contributed by atoms with E-state index < -0.39 is 0 Å². The highest BCUT2D eigenvalue weighted by Gasteiger charge is 2.25. The number of fused-ring (bicyclic) bond motifs is 2.